The lowest BCUT2D eigenvalue weighted by Gasteiger charge is -2.21. The first kappa shape index (κ1) is 21.2. The summed E-state index contributed by atoms with van der Waals surface area (Å²) in [5.41, 5.74) is 5.77. The van der Waals surface area contributed by atoms with Gasteiger partial charge in [-0.2, -0.15) is 0 Å². The van der Waals surface area contributed by atoms with E-state index in [4.69, 9.17) is 37.7 Å². The highest BCUT2D eigenvalue weighted by molar-refractivity contribution is 6.35. The van der Waals surface area contributed by atoms with Gasteiger partial charge in [-0.15, -0.1) is 0 Å². The Bertz CT molecular complexity index is 1800. The van der Waals surface area contributed by atoms with Crippen LogP contribution >= 0.6 is 23.2 Å². The summed E-state index contributed by atoms with van der Waals surface area (Å²) in [5.74, 6) is 1.96. The molecule has 0 saturated carbocycles. The van der Waals surface area contributed by atoms with E-state index in [9.17, 15) is 0 Å². The number of benzene rings is 5. The average Bonchev–Trinajstić information content (AvgIpc) is 2.94. The SMILES string of the molecule is Clc1c2c(c(Cl)c3c1=Nc1ccccc1O3)=Nc1ccc(-c3ccc(-c4ccccc4)cc3)cc1O2. The van der Waals surface area contributed by atoms with Gasteiger partial charge < -0.3 is 9.47 Å². The van der Waals surface area contributed by atoms with Crippen LogP contribution in [0.3, 0.4) is 0 Å². The molecule has 2 aliphatic rings. The predicted octanol–water partition coefficient (Wildman–Crippen LogP) is 8.44. The molecule has 7 rings (SSSR count). The quantitative estimate of drug-likeness (QED) is 0.236. The number of ether oxygens (including phenoxy) is 2. The Morgan fingerprint density at radius 3 is 1.67 bits per heavy atom. The van der Waals surface area contributed by atoms with Gasteiger partial charge in [-0.05, 0) is 46.5 Å². The number of hydrogen-bond donors (Lipinski definition) is 0. The summed E-state index contributed by atoms with van der Waals surface area (Å²) in [7, 11) is 0. The van der Waals surface area contributed by atoms with Crippen molar-refractivity contribution in [2.75, 3.05) is 0 Å². The summed E-state index contributed by atoms with van der Waals surface area (Å²) in [4.78, 5) is 9.43. The predicted molar refractivity (Wildman–Crippen MR) is 142 cm³/mol. The van der Waals surface area contributed by atoms with Crippen LogP contribution in [-0.4, -0.2) is 0 Å². The van der Waals surface area contributed by atoms with Crippen LogP contribution in [0.1, 0.15) is 0 Å². The molecule has 6 heteroatoms. The minimum Gasteiger partial charge on any atom is -0.451 e. The van der Waals surface area contributed by atoms with Crippen LogP contribution in [0.25, 0.3) is 22.3 Å². The molecular formula is C30H16Cl2N2O2. The molecule has 0 saturated heterocycles. The second-order valence-electron chi connectivity index (χ2n) is 8.50. The number of para-hydroxylation sites is 2. The molecule has 0 radical (unpaired) electrons. The third kappa shape index (κ3) is 3.38. The molecule has 2 aliphatic heterocycles. The monoisotopic (exact) mass is 506 g/mol. The zero-order valence-corrected chi connectivity index (χ0v) is 20.2. The van der Waals surface area contributed by atoms with Gasteiger partial charge in [-0.3, -0.25) is 0 Å². The molecule has 36 heavy (non-hydrogen) atoms. The highest BCUT2D eigenvalue weighted by Gasteiger charge is 2.27. The number of halogens is 2. The summed E-state index contributed by atoms with van der Waals surface area (Å²) in [6.45, 7) is 0. The number of hydrogen-bond acceptors (Lipinski definition) is 4. The topological polar surface area (TPSA) is 43.2 Å². The van der Waals surface area contributed by atoms with Crippen molar-refractivity contribution < 1.29 is 9.47 Å². The standard InChI is InChI=1S/C30H16Cl2N2O2/c31-25-28-30(26(32)27-29(25)35-23-9-5-4-8-21(23)33-27)36-24-16-20(14-15-22(24)34-28)19-12-10-18(11-13-19)17-6-2-1-3-7-17/h1-16H. The summed E-state index contributed by atoms with van der Waals surface area (Å²) >= 11 is 13.5. The average molecular weight is 507 g/mol. The fraction of sp³-hybridized carbons (Fsp3) is 0. The second kappa shape index (κ2) is 8.23. The summed E-state index contributed by atoms with van der Waals surface area (Å²) in [6, 6.07) is 32.1. The largest absolute Gasteiger partial charge is 0.451 e. The van der Waals surface area contributed by atoms with Crippen molar-refractivity contribution >= 4 is 34.6 Å². The second-order valence-corrected chi connectivity index (χ2v) is 9.26. The maximum atomic E-state index is 6.76. The van der Waals surface area contributed by atoms with Crippen molar-refractivity contribution in [2.24, 2.45) is 9.98 Å². The van der Waals surface area contributed by atoms with Gasteiger partial charge in [0.1, 0.15) is 32.1 Å². The van der Waals surface area contributed by atoms with Crippen molar-refractivity contribution in [3.05, 3.63) is 118 Å². The Hall–Kier alpha value is -4.12. The molecule has 0 fully saturated rings. The summed E-state index contributed by atoms with van der Waals surface area (Å²) < 4.78 is 12.3. The Balaban J connectivity index is 1.30. The Morgan fingerprint density at radius 2 is 0.972 bits per heavy atom. The van der Waals surface area contributed by atoms with Gasteiger partial charge in [0.15, 0.2) is 23.0 Å². The smallest absolute Gasteiger partial charge is 0.175 e. The first-order chi connectivity index (χ1) is 17.7. The number of nitrogens with zero attached hydrogens (tertiary/aromatic N) is 2. The molecule has 0 atom stereocenters. The highest BCUT2D eigenvalue weighted by Crippen LogP contribution is 2.43. The normalized spacial score (nSPS) is 12.5. The van der Waals surface area contributed by atoms with E-state index in [1.54, 1.807) is 0 Å². The molecule has 0 aliphatic carbocycles. The van der Waals surface area contributed by atoms with E-state index >= 15 is 0 Å². The van der Waals surface area contributed by atoms with Gasteiger partial charge in [0, 0.05) is 0 Å². The lowest BCUT2D eigenvalue weighted by molar-refractivity contribution is 0.451. The van der Waals surface area contributed by atoms with Crippen LogP contribution in [0.2, 0.25) is 10.0 Å². The molecule has 0 spiro atoms. The van der Waals surface area contributed by atoms with E-state index in [0.717, 1.165) is 16.7 Å². The Labute approximate surface area is 216 Å². The Kier molecular flexibility index (Phi) is 4.84. The van der Waals surface area contributed by atoms with E-state index < -0.39 is 0 Å². The fourth-order valence-corrected chi connectivity index (χ4v) is 4.97. The van der Waals surface area contributed by atoms with Crippen LogP contribution in [-0.2, 0) is 0 Å². The molecule has 0 bridgehead atoms. The van der Waals surface area contributed by atoms with Gasteiger partial charge in [-0.1, -0.05) is 96.0 Å². The molecule has 4 nitrogen and oxygen atoms in total. The van der Waals surface area contributed by atoms with Gasteiger partial charge >= 0.3 is 0 Å². The molecular weight excluding hydrogens is 491 g/mol. The van der Waals surface area contributed by atoms with Crippen molar-refractivity contribution in [3.8, 4) is 45.3 Å². The first-order valence-corrected chi connectivity index (χ1v) is 12.1. The molecule has 172 valence electrons. The summed E-state index contributed by atoms with van der Waals surface area (Å²) in [6.07, 6.45) is 0. The van der Waals surface area contributed by atoms with E-state index in [-0.39, 0.29) is 0 Å². The van der Waals surface area contributed by atoms with Crippen LogP contribution in [0.4, 0.5) is 11.4 Å². The van der Waals surface area contributed by atoms with E-state index in [1.807, 2.05) is 60.7 Å². The van der Waals surface area contributed by atoms with Gasteiger partial charge in [0.25, 0.3) is 0 Å². The zero-order valence-electron chi connectivity index (χ0n) is 18.7. The van der Waals surface area contributed by atoms with Gasteiger partial charge in [0.2, 0.25) is 0 Å². The number of rotatable bonds is 2. The zero-order chi connectivity index (χ0) is 24.2. The third-order valence-corrected chi connectivity index (χ3v) is 6.98. The van der Waals surface area contributed by atoms with Crippen molar-refractivity contribution in [3.63, 3.8) is 0 Å². The third-order valence-electron chi connectivity index (χ3n) is 6.28. The molecule has 2 heterocycles. The minimum absolute atomic E-state index is 0.311. The lowest BCUT2D eigenvalue weighted by Crippen LogP contribution is -2.22. The maximum Gasteiger partial charge on any atom is 0.175 e. The van der Waals surface area contributed by atoms with Crippen LogP contribution in [0, 0.1) is 0 Å². The molecule has 5 aromatic carbocycles. The number of fused-ring (bicyclic) bond motifs is 4. The molecule has 0 N–H and O–H groups in total. The van der Waals surface area contributed by atoms with Crippen LogP contribution in [0.5, 0.6) is 23.0 Å². The molecule has 0 unspecified atom stereocenters. The summed E-state index contributed by atoms with van der Waals surface area (Å²) in [5, 5.41) is 1.49. The van der Waals surface area contributed by atoms with Crippen LogP contribution < -0.4 is 20.2 Å². The molecule has 0 amide bonds. The maximum absolute atomic E-state index is 6.76. The van der Waals surface area contributed by atoms with Gasteiger partial charge in [0.05, 0.1) is 0 Å². The molecule has 5 aromatic rings. The first-order valence-electron chi connectivity index (χ1n) is 11.4. The van der Waals surface area contributed by atoms with E-state index in [0.29, 0.717) is 55.1 Å². The Morgan fingerprint density at radius 1 is 0.472 bits per heavy atom. The van der Waals surface area contributed by atoms with Crippen molar-refractivity contribution in [2.45, 2.75) is 0 Å². The van der Waals surface area contributed by atoms with Crippen LogP contribution in [0.15, 0.2) is 107 Å². The van der Waals surface area contributed by atoms with Gasteiger partial charge in [-0.25, -0.2) is 9.98 Å². The lowest BCUT2D eigenvalue weighted by atomic mass is 10.00. The molecule has 0 aromatic heterocycles. The van der Waals surface area contributed by atoms with E-state index in [2.05, 4.69) is 41.4 Å². The minimum atomic E-state index is 0.311. The van der Waals surface area contributed by atoms with Crippen molar-refractivity contribution in [1.82, 2.24) is 0 Å². The fourth-order valence-electron chi connectivity index (χ4n) is 4.46. The van der Waals surface area contributed by atoms with E-state index in [1.165, 1.54) is 5.56 Å². The van der Waals surface area contributed by atoms with Crippen molar-refractivity contribution in [1.29, 1.82) is 0 Å². The highest BCUT2D eigenvalue weighted by atomic mass is 35.5.